The van der Waals surface area contributed by atoms with E-state index in [1.807, 2.05) is 0 Å². The first-order chi connectivity index (χ1) is 8.09. The average Bonchev–Trinajstić information content (AvgIpc) is 2.27. The fourth-order valence-corrected chi connectivity index (χ4v) is 1.37. The van der Waals surface area contributed by atoms with Gasteiger partial charge in [-0.15, -0.1) is 0 Å². The van der Waals surface area contributed by atoms with E-state index >= 15 is 0 Å². The van der Waals surface area contributed by atoms with E-state index in [0.29, 0.717) is 12.1 Å². The maximum atomic E-state index is 13.1. The van der Waals surface area contributed by atoms with Crippen molar-refractivity contribution in [3.63, 3.8) is 0 Å². The molecular formula is C12H13F4NO. The zero-order valence-corrected chi connectivity index (χ0v) is 9.94. The normalized spacial score (nSPS) is 12.6. The minimum Gasteiger partial charge on any atom is -0.329 e. The second-order valence-corrected chi connectivity index (χ2v) is 4.61. The molecule has 0 heterocycles. The van der Waals surface area contributed by atoms with Crippen LogP contribution in [0.4, 0.5) is 17.6 Å². The SMILES string of the molecule is CC(C)(CN)C(=O)c1ccc(F)c(C(F)(F)F)c1. The van der Waals surface area contributed by atoms with Gasteiger partial charge in [0, 0.05) is 17.5 Å². The standard InChI is InChI=1S/C12H13F4NO/c1-11(2,6-17)10(18)7-3-4-9(13)8(5-7)12(14,15)16/h3-5H,6,17H2,1-2H3. The Balaban J connectivity index is 3.26. The molecule has 2 N–H and O–H groups in total. The molecule has 0 amide bonds. The molecule has 0 radical (unpaired) electrons. The van der Waals surface area contributed by atoms with Gasteiger partial charge in [0.2, 0.25) is 0 Å². The van der Waals surface area contributed by atoms with E-state index in [2.05, 4.69) is 0 Å². The Kier molecular flexibility index (Phi) is 3.81. The number of carbonyl (C=O) groups is 1. The van der Waals surface area contributed by atoms with Crippen LogP contribution in [0, 0.1) is 11.2 Å². The molecule has 1 rings (SSSR count). The molecule has 100 valence electrons. The second kappa shape index (κ2) is 4.68. The van der Waals surface area contributed by atoms with Crippen molar-refractivity contribution in [2.24, 2.45) is 11.1 Å². The second-order valence-electron chi connectivity index (χ2n) is 4.61. The Morgan fingerprint density at radius 3 is 2.28 bits per heavy atom. The highest BCUT2D eigenvalue weighted by atomic mass is 19.4. The van der Waals surface area contributed by atoms with Crippen LogP contribution in [-0.4, -0.2) is 12.3 Å². The minimum atomic E-state index is -4.83. The van der Waals surface area contributed by atoms with Crippen LogP contribution >= 0.6 is 0 Å². The topological polar surface area (TPSA) is 43.1 Å². The summed E-state index contributed by atoms with van der Waals surface area (Å²) in [5, 5.41) is 0. The van der Waals surface area contributed by atoms with Crippen molar-refractivity contribution in [2.75, 3.05) is 6.54 Å². The third-order valence-corrected chi connectivity index (χ3v) is 2.66. The highest BCUT2D eigenvalue weighted by Gasteiger charge is 2.36. The number of nitrogens with two attached hydrogens (primary N) is 1. The van der Waals surface area contributed by atoms with Crippen molar-refractivity contribution in [1.29, 1.82) is 0 Å². The molecule has 0 spiro atoms. The van der Waals surface area contributed by atoms with Gasteiger partial charge in [0.05, 0.1) is 5.56 Å². The smallest absolute Gasteiger partial charge is 0.329 e. The molecule has 18 heavy (non-hydrogen) atoms. The number of hydrogen-bond acceptors (Lipinski definition) is 2. The molecule has 1 aromatic carbocycles. The maximum Gasteiger partial charge on any atom is 0.419 e. The number of Topliss-reactive ketones (excluding diaryl/α,β-unsaturated/α-hetero) is 1. The molecule has 0 unspecified atom stereocenters. The van der Waals surface area contributed by atoms with Crippen molar-refractivity contribution in [3.05, 3.63) is 35.1 Å². The summed E-state index contributed by atoms with van der Waals surface area (Å²) in [6.45, 7) is 3.03. The number of benzene rings is 1. The van der Waals surface area contributed by atoms with Crippen LogP contribution in [0.15, 0.2) is 18.2 Å². The first kappa shape index (κ1) is 14.6. The third-order valence-electron chi connectivity index (χ3n) is 2.66. The van der Waals surface area contributed by atoms with Crippen molar-refractivity contribution >= 4 is 5.78 Å². The van der Waals surface area contributed by atoms with Crippen LogP contribution in [0.1, 0.15) is 29.8 Å². The fraction of sp³-hybridized carbons (Fsp3) is 0.417. The maximum absolute atomic E-state index is 13.1. The molecule has 0 aliphatic rings. The third kappa shape index (κ3) is 2.87. The Hall–Kier alpha value is -1.43. The zero-order chi connectivity index (χ0) is 14.1. The number of rotatable bonds is 3. The molecule has 0 saturated carbocycles. The Morgan fingerprint density at radius 2 is 1.83 bits per heavy atom. The highest BCUT2D eigenvalue weighted by Crippen LogP contribution is 2.33. The van der Waals surface area contributed by atoms with Crippen molar-refractivity contribution in [1.82, 2.24) is 0 Å². The molecular weight excluding hydrogens is 250 g/mol. The molecule has 0 saturated heterocycles. The number of halogens is 4. The van der Waals surface area contributed by atoms with Gasteiger partial charge < -0.3 is 5.73 Å². The molecule has 0 aliphatic heterocycles. The quantitative estimate of drug-likeness (QED) is 0.673. The molecule has 0 aliphatic carbocycles. The monoisotopic (exact) mass is 263 g/mol. The number of ketones is 1. The van der Waals surface area contributed by atoms with Crippen molar-refractivity contribution in [3.8, 4) is 0 Å². The predicted octanol–water partition coefficient (Wildman–Crippen LogP) is 3.01. The van der Waals surface area contributed by atoms with Gasteiger partial charge in [0.25, 0.3) is 0 Å². The number of alkyl halides is 3. The summed E-state index contributed by atoms with van der Waals surface area (Å²) in [4.78, 5) is 11.9. The summed E-state index contributed by atoms with van der Waals surface area (Å²) in [6, 6.07) is 2.20. The van der Waals surface area contributed by atoms with E-state index < -0.39 is 28.8 Å². The number of hydrogen-bond donors (Lipinski definition) is 1. The summed E-state index contributed by atoms with van der Waals surface area (Å²) >= 11 is 0. The van der Waals surface area contributed by atoms with E-state index in [0.717, 1.165) is 6.07 Å². The fourth-order valence-electron chi connectivity index (χ4n) is 1.37. The lowest BCUT2D eigenvalue weighted by Crippen LogP contribution is -2.33. The minimum absolute atomic E-state index is 0.00936. The number of carbonyl (C=O) groups excluding carboxylic acids is 1. The van der Waals surface area contributed by atoms with Gasteiger partial charge in [-0.2, -0.15) is 13.2 Å². The lowest BCUT2D eigenvalue weighted by Gasteiger charge is -2.21. The lowest BCUT2D eigenvalue weighted by molar-refractivity contribution is -0.140. The van der Waals surface area contributed by atoms with Crippen LogP contribution in [0.3, 0.4) is 0 Å². The van der Waals surface area contributed by atoms with Crippen molar-refractivity contribution in [2.45, 2.75) is 20.0 Å². The van der Waals surface area contributed by atoms with E-state index in [9.17, 15) is 22.4 Å². The van der Waals surface area contributed by atoms with Gasteiger partial charge in [-0.3, -0.25) is 4.79 Å². The Morgan fingerprint density at radius 1 is 1.28 bits per heavy atom. The van der Waals surface area contributed by atoms with Gasteiger partial charge in [0.15, 0.2) is 5.78 Å². The van der Waals surface area contributed by atoms with E-state index in [4.69, 9.17) is 5.73 Å². The molecule has 2 nitrogen and oxygen atoms in total. The summed E-state index contributed by atoms with van der Waals surface area (Å²) in [6.07, 6.45) is -4.83. The largest absolute Gasteiger partial charge is 0.419 e. The summed E-state index contributed by atoms with van der Waals surface area (Å²) < 4.78 is 50.5. The first-order valence-corrected chi connectivity index (χ1v) is 5.21. The van der Waals surface area contributed by atoms with Crippen LogP contribution in [0.25, 0.3) is 0 Å². The van der Waals surface area contributed by atoms with E-state index in [1.165, 1.54) is 13.8 Å². The molecule has 0 bridgehead atoms. The molecule has 0 atom stereocenters. The molecule has 1 aromatic rings. The van der Waals surface area contributed by atoms with Gasteiger partial charge >= 0.3 is 6.18 Å². The van der Waals surface area contributed by atoms with Crippen LogP contribution in [0.5, 0.6) is 0 Å². The highest BCUT2D eigenvalue weighted by molar-refractivity contribution is 6.00. The van der Waals surface area contributed by atoms with E-state index in [-0.39, 0.29) is 12.1 Å². The summed E-state index contributed by atoms with van der Waals surface area (Å²) in [5.74, 6) is -1.94. The molecule has 0 fully saturated rings. The average molecular weight is 263 g/mol. The van der Waals surface area contributed by atoms with Crippen molar-refractivity contribution < 1.29 is 22.4 Å². The Labute approximate surface area is 102 Å². The summed E-state index contributed by atoms with van der Waals surface area (Å²) in [5.41, 5.74) is 2.76. The van der Waals surface area contributed by atoms with Crippen LogP contribution in [-0.2, 0) is 6.18 Å². The molecule has 6 heteroatoms. The van der Waals surface area contributed by atoms with Crippen LogP contribution < -0.4 is 5.73 Å². The van der Waals surface area contributed by atoms with Crippen LogP contribution in [0.2, 0.25) is 0 Å². The van der Waals surface area contributed by atoms with Gasteiger partial charge in [-0.05, 0) is 18.2 Å². The Bertz CT molecular complexity index is 466. The zero-order valence-electron chi connectivity index (χ0n) is 9.94. The molecule has 0 aromatic heterocycles. The van der Waals surface area contributed by atoms with Gasteiger partial charge in [-0.25, -0.2) is 4.39 Å². The first-order valence-electron chi connectivity index (χ1n) is 5.21. The lowest BCUT2D eigenvalue weighted by atomic mass is 9.84. The van der Waals surface area contributed by atoms with Gasteiger partial charge in [0.1, 0.15) is 5.82 Å². The predicted molar refractivity (Wildman–Crippen MR) is 58.6 cm³/mol. The van der Waals surface area contributed by atoms with Gasteiger partial charge in [-0.1, -0.05) is 13.8 Å². The van der Waals surface area contributed by atoms with E-state index in [1.54, 1.807) is 0 Å². The summed E-state index contributed by atoms with van der Waals surface area (Å²) in [7, 11) is 0.